The normalized spacial score (nSPS) is 14.2. The summed E-state index contributed by atoms with van der Waals surface area (Å²) in [5, 5.41) is 17.5. The summed E-state index contributed by atoms with van der Waals surface area (Å²) < 4.78 is 41.8. The molecular weight excluding hydrogens is 1080 g/mol. The van der Waals surface area contributed by atoms with Gasteiger partial charge in [0.2, 0.25) is 0 Å². The van der Waals surface area contributed by atoms with Crippen molar-refractivity contribution in [1.29, 1.82) is 0 Å². The van der Waals surface area contributed by atoms with Crippen LogP contribution in [-0.2, 0) is 40.9 Å². The van der Waals surface area contributed by atoms with E-state index in [9.17, 15) is 4.39 Å². The second-order valence-corrected chi connectivity index (χ2v) is 19.9. The Morgan fingerprint density at radius 2 is 0.760 bits per heavy atom. The molecular formula is C59H57Cl2FK2O9S2. The topological polar surface area (TPSA) is 116 Å². The first-order valence-electron chi connectivity index (χ1n) is 23.4. The quantitative estimate of drug-likeness (QED) is 0.0600. The molecule has 2 fully saturated rings. The molecule has 2 unspecified atom stereocenters. The molecule has 0 aliphatic carbocycles. The van der Waals surface area contributed by atoms with Crippen LogP contribution >= 0.6 is 0 Å². The molecule has 382 valence electrons. The third-order valence-corrected chi connectivity index (χ3v) is 15.2. The van der Waals surface area contributed by atoms with Gasteiger partial charge in [0.25, 0.3) is 6.47 Å². The number of phenols is 1. The summed E-state index contributed by atoms with van der Waals surface area (Å²) in [5.74, 6) is 3.20. The van der Waals surface area contributed by atoms with E-state index in [2.05, 4.69) is 102 Å². The Kier molecular flexibility index (Phi) is 33.1. The maximum atomic E-state index is 13.2. The summed E-state index contributed by atoms with van der Waals surface area (Å²) in [7, 11) is -0.350. The fourth-order valence-corrected chi connectivity index (χ4v) is 11.6. The molecule has 8 aromatic carbocycles. The number of phenolic OH excluding ortho intramolecular Hbond substituents is 1. The van der Waals surface area contributed by atoms with Crippen molar-refractivity contribution in [2.75, 3.05) is 13.2 Å². The average Bonchev–Trinajstić information content (AvgIpc) is 3.43. The van der Waals surface area contributed by atoms with E-state index in [1.165, 1.54) is 36.6 Å². The minimum absolute atomic E-state index is 0. The molecule has 0 spiro atoms. The summed E-state index contributed by atoms with van der Waals surface area (Å²) in [5.41, 5.74) is 0. The first-order valence-corrected chi connectivity index (χ1v) is 25.8. The molecule has 1 N–H and O–H groups in total. The van der Waals surface area contributed by atoms with Crippen molar-refractivity contribution in [3.63, 3.8) is 0 Å². The Morgan fingerprint density at radius 3 is 1.08 bits per heavy atom. The maximum absolute atomic E-state index is 13.2. The van der Waals surface area contributed by atoms with Crippen molar-refractivity contribution in [3.8, 4) is 28.7 Å². The van der Waals surface area contributed by atoms with Crippen molar-refractivity contribution in [1.82, 2.24) is 0 Å². The van der Waals surface area contributed by atoms with Crippen molar-refractivity contribution in [3.05, 3.63) is 224 Å². The molecule has 2 aliphatic heterocycles. The van der Waals surface area contributed by atoms with Gasteiger partial charge in [-0.1, -0.05) is 72.8 Å². The van der Waals surface area contributed by atoms with Gasteiger partial charge in [-0.15, -0.1) is 0 Å². The molecule has 2 atom stereocenters. The van der Waals surface area contributed by atoms with Crippen LogP contribution in [0.5, 0.6) is 28.7 Å². The van der Waals surface area contributed by atoms with E-state index in [1.54, 1.807) is 24.3 Å². The summed E-state index contributed by atoms with van der Waals surface area (Å²) in [6.45, 7) is 1.38. The van der Waals surface area contributed by atoms with Crippen LogP contribution in [0.1, 0.15) is 40.0 Å². The van der Waals surface area contributed by atoms with Gasteiger partial charge in [-0.3, -0.25) is 4.79 Å². The van der Waals surface area contributed by atoms with Crippen LogP contribution in [-0.4, -0.2) is 37.4 Å². The molecule has 75 heavy (non-hydrogen) atoms. The number of rotatable bonds is 13. The van der Waals surface area contributed by atoms with Gasteiger partial charge >= 0.3 is 103 Å². The molecule has 10 rings (SSSR count). The van der Waals surface area contributed by atoms with Gasteiger partial charge in [0.15, 0.2) is 42.0 Å². The predicted octanol–water partition coefficient (Wildman–Crippen LogP) is 1.26. The number of aromatic hydroxyl groups is 1. The van der Waals surface area contributed by atoms with Crippen molar-refractivity contribution in [2.24, 2.45) is 0 Å². The van der Waals surface area contributed by atoms with E-state index < -0.39 is 0 Å². The molecule has 16 heteroatoms. The fraction of sp³-hybridized carbons (Fsp3) is 0.169. The van der Waals surface area contributed by atoms with Crippen molar-refractivity contribution >= 4 is 28.3 Å². The largest absolute Gasteiger partial charge is 1.00 e. The molecule has 2 saturated heterocycles. The number of ether oxygens (including phenoxy) is 5. The van der Waals surface area contributed by atoms with Crippen molar-refractivity contribution in [2.45, 2.75) is 80.5 Å². The zero-order chi connectivity index (χ0) is 49.3. The van der Waals surface area contributed by atoms with Gasteiger partial charge in [0, 0.05) is 12.8 Å². The summed E-state index contributed by atoms with van der Waals surface area (Å²) >= 11 is 0. The third-order valence-electron chi connectivity index (χ3n) is 10.8. The predicted molar refractivity (Wildman–Crippen MR) is 274 cm³/mol. The standard InChI is InChI=1S/C29H27O3S.C18H14FS.C11H14O3.CH2O3.2ClH.2K.H/c1-3-9-26(10-4-1)33(27-11-5-2-6-12-27)28-20-18-24(19-21-28)31-23-14-16-25(17-15-23)32-29-13-7-8-22-30-29;19-15-11-13-18(14-12-15)20(16-7-3-1-4-8-16)17-9-5-2-6-10-17;12-9-4-6-10(7-5-9)14-11-3-1-2-8-13-11;2-1-4-3;;;;;/h1-6,9-12,14-21,29H,7-8,13,22H2;1-14H;4-7,11-12H,1-3,8H2;1,3H;2*1H;;;/q2*+1;;;;;2*+1;-1/p-3. The van der Waals surface area contributed by atoms with Crippen LogP contribution in [0.25, 0.3) is 0 Å². The second kappa shape index (κ2) is 37.6. The molecule has 0 radical (unpaired) electrons. The van der Waals surface area contributed by atoms with Crippen LogP contribution in [0.2, 0.25) is 0 Å². The Balaban J connectivity index is 0.000000394. The molecule has 0 aromatic heterocycles. The fourth-order valence-electron chi connectivity index (χ4n) is 7.42. The summed E-state index contributed by atoms with van der Waals surface area (Å²) in [6, 6.07) is 71.7. The number of hydrogen-bond donors (Lipinski definition) is 1. The Labute approximate surface area is 544 Å². The molecule has 0 amide bonds. The zero-order valence-electron chi connectivity index (χ0n) is 42.8. The first-order chi connectivity index (χ1) is 34.9. The van der Waals surface area contributed by atoms with E-state index in [-0.39, 0.29) is 181 Å². The van der Waals surface area contributed by atoms with Crippen LogP contribution in [0.3, 0.4) is 0 Å². The van der Waals surface area contributed by atoms with Crippen LogP contribution < -0.4 is 147 Å². The summed E-state index contributed by atoms with van der Waals surface area (Å²) in [4.78, 5) is 18.7. The number of halogens is 3. The Bertz CT molecular complexity index is 2650. The van der Waals surface area contributed by atoms with Gasteiger partial charge in [0.1, 0.15) is 34.6 Å². The maximum Gasteiger partial charge on any atom is 1.00 e. The van der Waals surface area contributed by atoms with Gasteiger partial charge < -0.3 is 65.2 Å². The van der Waals surface area contributed by atoms with Gasteiger partial charge in [-0.05, 0) is 171 Å². The third kappa shape index (κ3) is 22.6. The van der Waals surface area contributed by atoms with E-state index in [4.69, 9.17) is 38.8 Å². The molecule has 9 nitrogen and oxygen atoms in total. The zero-order valence-corrected chi connectivity index (χ0v) is 51.2. The molecule has 0 bridgehead atoms. The molecule has 8 aromatic rings. The smallest absolute Gasteiger partial charge is 1.00 e. The van der Waals surface area contributed by atoms with E-state index >= 15 is 0 Å². The van der Waals surface area contributed by atoms with Gasteiger partial charge in [0.05, 0.1) is 35.0 Å². The van der Waals surface area contributed by atoms with Crippen LogP contribution in [0.15, 0.2) is 248 Å². The van der Waals surface area contributed by atoms with E-state index in [1.807, 2.05) is 84.9 Å². The van der Waals surface area contributed by atoms with Crippen molar-refractivity contribution < 1.29 is 177 Å². The average molecular weight is 1140 g/mol. The monoisotopic (exact) mass is 1140 g/mol. The number of benzene rings is 8. The van der Waals surface area contributed by atoms with Gasteiger partial charge in [-0.2, -0.15) is 0 Å². The minimum Gasteiger partial charge on any atom is -1.00 e. The van der Waals surface area contributed by atoms with Crippen LogP contribution in [0, 0.1) is 5.82 Å². The number of hydrogen-bond acceptors (Lipinski definition) is 9. The van der Waals surface area contributed by atoms with E-state index in [0.29, 0.717) is 0 Å². The Morgan fingerprint density at radius 1 is 0.467 bits per heavy atom. The van der Waals surface area contributed by atoms with E-state index in [0.717, 1.165) is 79.6 Å². The van der Waals surface area contributed by atoms with Crippen LogP contribution in [0.4, 0.5) is 4.39 Å². The minimum atomic E-state index is -0.196. The first kappa shape index (κ1) is 66.1. The molecule has 0 saturated carbocycles. The molecule has 2 heterocycles. The molecule has 2 aliphatic rings. The Hall–Kier alpha value is -3.21. The SMILES string of the molecule is Fc1ccc([S+](c2ccccc2)c2ccccc2)cc1.O=CO[O-].Oc1ccc(OC2CCCCO2)cc1.[Cl-].[Cl-].[H-].[K+].[K+].c1ccc([S+](c2ccccc2)c2ccc(Oc3ccc(OC4CCCCO4)cc3)cc2)cc1. The second-order valence-electron chi connectivity index (χ2n) is 15.9. The van der Waals surface area contributed by atoms with Gasteiger partial charge in [-0.25, -0.2) is 4.39 Å². The number of carbonyl (C=O) groups excluding carboxylic acids is 1. The number of carbonyl (C=O) groups is 1. The summed E-state index contributed by atoms with van der Waals surface area (Å²) in [6.07, 6.45) is 6.17.